The Labute approximate surface area is 231 Å². The topological polar surface area (TPSA) is 87.7 Å². The van der Waals surface area contributed by atoms with Gasteiger partial charge in [0.05, 0.1) is 0 Å². The minimum absolute atomic E-state index is 0.142. The lowest BCUT2D eigenvalue weighted by atomic mass is 9.92. The number of unbranched alkanes of at least 4 members (excludes halogenated alkanes) is 3. The molecular weight excluding hydrogens is 478 g/mol. The smallest absolute Gasteiger partial charge is 0.408 e. The van der Waals surface area contributed by atoms with Crippen LogP contribution in [0.15, 0.2) is 18.2 Å². The third kappa shape index (κ3) is 11.4. The Morgan fingerprint density at radius 1 is 0.947 bits per heavy atom. The molecule has 0 saturated carbocycles. The van der Waals surface area contributed by atoms with Crippen LogP contribution in [0.2, 0.25) is 0 Å². The molecule has 0 fully saturated rings. The first-order chi connectivity index (χ1) is 17.5. The molecule has 216 valence electrons. The van der Waals surface area contributed by atoms with Crippen LogP contribution in [-0.2, 0) is 14.3 Å². The third-order valence-electron chi connectivity index (χ3n) is 6.11. The van der Waals surface area contributed by atoms with Gasteiger partial charge in [0, 0.05) is 12.1 Å². The molecule has 2 N–H and O–H groups in total. The molecule has 1 rings (SSSR count). The number of carbonyl (C=O) groups excluding carboxylic acids is 3. The highest BCUT2D eigenvalue weighted by molar-refractivity contribution is 5.92. The fourth-order valence-electron chi connectivity index (χ4n) is 4.54. The second-order valence-corrected chi connectivity index (χ2v) is 12.9. The average molecular weight is 532 g/mol. The van der Waals surface area contributed by atoms with E-state index in [4.69, 9.17) is 4.74 Å². The van der Waals surface area contributed by atoms with Gasteiger partial charge in [-0.05, 0) is 90.8 Å². The molecule has 0 aliphatic carbocycles. The Kier molecular flexibility index (Phi) is 12.8. The Hall–Kier alpha value is -2.57. The predicted octanol–water partition coefficient (Wildman–Crippen LogP) is 6.61. The van der Waals surface area contributed by atoms with Crippen molar-refractivity contribution >= 4 is 17.9 Å². The van der Waals surface area contributed by atoms with Gasteiger partial charge in [0.15, 0.2) is 0 Å². The number of rotatable bonds is 12. The number of benzene rings is 1. The molecule has 3 amide bonds. The molecule has 7 heteroatoms. The normalized spacial score (nSPS) is 13.6. The minimum Gasteiger partial charge on any atom is -0.444 e. The Morgan fingerprint density at radius 3 is 2.00 bits per heavy atom. The van der Waals surface area contributed by atoms with E-state index < -0.39 is 29.3 Å². The number of hydrogen-bond acceptors (Lipinski definition) is 4. The van der Waals surface area contributed by atoms with Crippen molar-refractivity contribution in [2.24, 2.45) is 5.92 Å². The van der Waals surface area contributed by atoms with Gasteiger partial charge in [-0.25, -0.2) is 4.79 Å². The van der Waals surface area contributed by atoms with Crippen LogP contribution in [0.5, 0.6) is 0 Å². The van der Waals surface area contributed by atoms with Crippen molar-refractivity contribution in [2.45, 2.75) is 131 Å². The molecule has 0 spiro atoms. The van der Waals surface area contributed by atoms with Gasteiger partial charge >= 0.3 is 6.09 Å². The number of aryl methyl sites for hydroxylation is 2. The lowest BCUT2D eigenvalue weighted by Crippen LogP contribution is -2.55. The number of nitrogens with zero attached hydrogens (tertiary/aromatic N) is 1. The zero-order chi connectivity index (χ0) is 29.3. The van der Waals surface area contributed by atoms with Gasteiger partial charge < -0.3 is 20.3 Å². The molecule has 0 radical (unpaired) electrons. The van der Waals surface area contributed by atoms with E-state index >= 15 is 0 Å². The fourth-order valence-corrected chi connectivity index (χ4v) is 4.54. The number of alkyl carbamates (subject to hydrolysis) is 1. The molecule has 0 heterocycles. The highest BCUT2D eigenvalue weighted by Crippen LogP contribution is 2.30. The first kappa shape index (κ1) is 33.5. The maximum Gasteiger partial charge on any atom is 0.408 e. The Balaban J connectivity index is 3.63. The molecule has 2 atom stereocenters. The lowest BCUT2D eigenvalue weighted by molar-refractivity contribution is -0.143. The summed E-state index contributed by atoms with van der Waals surface area (Å²) in [4.78, 5) is 42.7. The summed E-state index contributed by atoms with van der Waals surface area (Å²) in [5.74, 6) is -0.347. The molecule has 2 unspecified atom stereocenters. The van der Waals surface area contributed by atoms with Crippen LogP contribution in [0.3, 0.4) is 0 Å². The quantitative estimate of drug-likeness (QED) is 0.297. The van der Waals surface area contributed by atoms with Gasteiger partial charge in [0.25, 0.3) is 0 Å². The van der Waals surface area contributed by atoms with Crippen LogP contribution >= 0.6 is 0 Å². The number of nitrogens with one attached hydrogen (secondary N) is 2. The van der Waals surface area contributed by atoms with Gasteiger partial charge in [0.2, 0.25) is 11.8 Å². The largest absolute Gasteiger partial charge is 0.444 e. The van der Waals surface area contributed by atoms with E-state index in [1.54, 1.807) is 25.7 Å². The van der Waals surface area contributed by atoms with Crippen molar-refractivity contribution in [1.29, 1.82) is 0 Å². The van der Waals surface area contributed by atoms with Crippen molar-refractivity contribution in [1.82, 2.24) is 15.5 Å². The SMILES string of the molecule is CCCCCCN(C(=O)C(CC(C)C)NC(=O)OC(C)(C)C)C(C(=O)NC(C)(C)C)c1c(C)cccc1C. The summed E-state index contributed by atoms with van der Waals surface area (Å²) in [6, 6.07) is 4.28. The maximum atomic E-state index is 14.3. The Bertz CT molecular complexity index is 908. The molecule has 1 aromatic rings. The highest BCUT2D eigenvalue weighted by Gasteiger charge is 2.38. The van der Waals surface area contributed by atoms with Crippen LogP contribution in [0.1, 0.15) is 117 Å². The monoisotopic (exact) mass is 531 g/mol. The molecule has 7 nitrogen and oxygen atoms in total. The first-order valence-electron chi connectivity index (χ1n) is 14.1. The molecule has 0 aliphatic rings. The van der Waals surface area contributed by atoms with Crippen LogP contribution < -0.4 is 10.6 Å². The Morgan fingerprint density at radius 2 is 1.53 bits per heavy atom. The summed E-state index contributed by atoms with van der Waals surface area (Å²) in [6.07, 6.45) is 3.64. The van der Waals surface area contributed by atoms with E-state index in [-0.39, 0.29) is 17.7 Å². The minimum atomic E-state index is -0.820. The summed E-state index contributed by atoms with van der Waals surface area (Å²) < 4.78 is 5.49. The lowest BCUT2D eigenvalue weighted by Gasteiger charge is -2.37. The van der Waals surface area contributed by atoms with E-state index in [9.17, 15) is 14.4 Å². The van der Waals surface area contributed by atoms with Gasteiger partial charge in [0.1, 0.15) is 17.7 Å². The van der Waals surface area contributed by atoms with Crippen molar-refractivity contribution in [3.63, 3.8) is 0 Å². The van der Waals surface area contributed by atoms with Crippen LogP contribution in [-0.4, -0.2) is 46.5 Å². The van der Waals surface area contributed by atoms with Crippen LogP contribution in [0, 0.1) is 19.8 Å². The van der Waals surface area contributed by atoms with E-state index in [2.05, 4.69) is 17.6 Å². The van der Waals surface area contributed by atoms with Crippen molar-refractivity contribution in [3.8, 4) is 0 Å². The van der Waals surface area contributed by atoms with Crippen LogP contribution in [0.25, 0.3) is 0 Å². The number of amides is 3. The molecule has 38 heavy (non-hydrogen) atoms. The second kappa shape index (κ2) is 14.5. The molecule has 0 aromatic heterocycles. The van der Waals surface area contributed by atoms with Crippen molar-refractivity contribution in [2.75, 3.05) is 6.54 Å². The molecule has 0 saturated heterocycles. The molecular formula is C31H53N3O4. The highest BCUT2D eigenvalue weighted by atomic mass is 16.6. The summed E-state index contributed by atoms with van der Waals surface area (Å²) in [5, 5.41) is 5.94. The molecule has 0 aliphatic heterocycles. The second-order valence-electron chi connectivity index (χ2n) is 12.9. The summed E-state index contributed by atoms with van der Waals surface area (Å²) in [6.45, 7) is 21.7. The predicted molar refractivity (Wildman–Crippen MR) is 155 cm³/mol. The van der Waals surface area contributed by atoms with Crippen LogP contribution in [0.4, 0.5) is 4.79 Å². The van der Waals surface area contributed by atoms with Gasteiger partial charge in [-0.1, -0.05) is 58.2 Å². The van der Waals surface area contributed by atoms with E-state index in [1.165, 1.54) is 0 Å². The van der Waals surface area contributed by atoms with E-state index in [1.807, 2.05) is 66.7 Å². The van der Waals surface area contributed by atoms with Crippen molar-refractivity contribution in [3.05, 3.63) is 34.9 Å². The van der Waals surface area contributed by atoms with Gasteiger partial charge in [-0.15, -0.1) is 0 Å². The fraction of sp³-hybridized carbons (Fsp3) is 0.710. The first-order valence-corrected chi connectivity index (χ1v) is 14.1. The number of ether oxygens (including phenoxy) is 1. The standard InChI is InChI=1S/C31H53N3O4/c1-12-13-14-15-19-34(28(36)24(20-21(2)3)32-29(37)38-31(9,10)11)26(27(35)33-30(6,7)8)25-22(4)17-16-18-23(25)5/h16-18,21,24,26H,12-15,19-20H2,1-11H3,(H,32,37)(H,33,35). The summed E-state index contributed by atoms with van der Waals surface area (Å²) in [5.41, 5.74) is 1.56. The van der Waals surface area contributed by atoms with Gasteiger partial charge in [-0.2, -0.15) is 0 Å². The number of hydrogen-bond donors (Lipinski definition) is 2. The van der Waals surface area contributed by atoms with Gasteiger partial charge in [-0.3, -0.25) is 9.59 Å². The summed E-state index contributed by atoms with van der Waals surface area (Å²) >= 11 is 0. The zero-order valence-electron chi connectivity index (χ0n) is 25.8. The average Bonchev–Trinajstić information content (AvgIpc) is 2.73. The molecule has 1 aromatic carbocycles. The van der Waals surface area contributed by atoms with E-state index in [0.29, 0.717) is 13.0 Å². The number of carbonyl (C=O) groups is 3. The van der Waals surface area contributed by atoms with Crippen molar-refractivity contribution < 1.29 is 19.1 Å². The zero-order valence-corrected chi connectivity index (χ0v) is 25.8. The maximum absolute atomic E-state index is 14.3. The van der Waals surface area contributed by atoms with E-state index in [0.717, 1.165) is 42.4 Å². The third-order valence-corrected chi connectivity index (χ3v) is 6.11. The summed E-state index contributed by atoms with van der Waals surface area (Å²) in [7, 11) is 0. The molecule has 0 bridgehead atoms.